The maximum Gasteiger partial charge on any atom is 0.0626 e. The minimum absolute atomic E-state index is 0.582. The lowest BCUT2D eigenvalue weighted by molar-refractivity contribution is 0.845. The Morgan fingerprint density at radius 1 is 1.08 bits per heavy atom. The van der Waals surface area contributed by atoms with Gasteiger partial charge < -0.3 is 0 Å². The topological polar surface area (TPSA) is 0 Å². The zero-order chi connectivity index (χ0) is 9.23. The molecular formula is C10H21ClSi. The highest BCUT2D eigenvalue weighted by Crippen LogP contribution is 2.11. The molecule has 0 aliphatic rings. The maximum atomic E-state index is 5.61. The van der Waals surface area contributed by atoms with Crippen LogP contribution in [0.4, 0.5) is 0 Å². The summed E-state index contributed by atoms with van der Waals surface area (Å²) in [7, 11) is -0.582. The smallest absolute Gasteiger partial charge is 0.0626 e. The zero-order valence-electron chi connectivity index (χ0n) is 8.35. The number of hydrogen-bond donors (Lipinski definition) is 0. The molecule has 0 heterocycles. The van der Waals surface area contributed by atoms with Crippen molar-refractivity contribution < 1.29 is 0 Å². The lowest BCUT2D eigenvalue weighted by Crippen LogP contribution is -2.07. The molecule has 0 aromatic carbocycles. The molecule has 0 saturated carbocycles. The van der Waals surface area contributed by atoms with Crippen LogP contribution in [-0.2, 0) is 0 Å². The van der Waals surface area contributed by atoms with Gasteiger partial charge in [0, 0.05) is 0 Å². The van der Waals surface area contributed by atoms with Crippen molar-refractivity contribution in [3.63, 3.8) is 0 Å². The van der Waals surface area contributed by atoms with Crippen LogP contribution in [0.3, 0.4) is 0 Å². The summed E-state index contributed by atoms with van der Waals surface area (Å²) in [6.07, 6.45) is 5.43. The second kappa shape index (κ2) is 9.34. The average Bonchev–Trinajstić information content (AvgIpc) is 2.10. The van der Waals surface area contributed by atoms with Crippen LogP contribution in [-0.4, -0.2) is 8.80 Å². The molecule has 0 N–H and O–H groups in total. The molecule has 0 unspecified atom stereocenters. The molecule has 0 aliphatic carbocycles. The normalized spacial score (nSPS) is 11.7. The molecule has 0 atom stereocenters. The molecule has 0 aliphatic heterocycles. The van der Waals surface area contributed by atoms with Crippen molar-refractivity contribution in [2.24, 2.45) is 0 Å². The van der Waals surface area contributed by atoms with Gasteiger partial charge in [-0.25, -0.2) is 0 Å². The van der Waals surface area contributed by atoms with Crippen molar-refractivity contribution in [2.75, 3.05) is 0 Å². The molecule has 0 amide bonds. The van der Waals surface area contributed by atoms with Crippen molar-refractivity contribution in [1.82, 2.24) is 0 Å². The molecule has 0 spiro atoms. The van der Waals surface area contributed by atoms with E-state index in [1.807, 2.05) is 0 Å². The van der Waals surface area contributed by atoms with Gasteiger partial charge in [-0.3, -0.25) is 0 Å². The Labute approximate surface area is 83.6 Å². The van der Waals surface area contributed by atoms with E-state index in [1.54, 1.807) is 5.54 Å². The molecule has 0 fully saturated rings. The number of rotatable bonds is 7. The second-order valence-electron chi connectivity index (χ2n) is 3.36. The zero-order valence-corrected chi connectivity index (χ0v) is 10.3. The summed E-state index contributed by atoms with van der Waals surface area (Å²) in [5, 5.41) is 0. The van der Waals surface area contributed by atoms with E-state index in [1.165, 1.54) is 37.8 Å². The van der Waals surface area contributed by atoms with Gasteiger partial charge in [0.05, 0.1) is 8.80 Å². The van der Waals surface area contributed by atoms with E-state index in [-0.39, 0.29) is 0 Å². The van der Waals surface area contributed by atoms with Gasteiger partial charge in [0.15, 0.2) is 0 Å². The highest BCUT2D eigenvalue weighted by molar-refractivity contribution is 6.65. The first-order chi connectivity index (χ1) is 5.85. The molecule has 12 heavy (non-hydrogen) atoms. The van der Waals surface area contributed by atoms with Crippen LogP contribution in [0.2, 0.25) is 12.1 Å². The fraction of sp³-hybridized carbons (Fsp3) is 0.800. The van der Waals surface area contributed by atoms with Gasteiger partial charge in [-0.05, 0) is 5.54 Å². The van der Waals surface area contributed by atoms with Crippen LogP contribution >= 0.6 is 11.6 Å². The molecule has 0 aromatic rings. The summed E-state index contributed by atoms with van der Waals surface area (Å²) in [5.41, 5.74) is 4.02. The van der Waals surface area contributed by atoms with E-state index in [0.29, 0.717) is 0 Å². The van der Waals surface area contributed by atoms with Gasteiger partial charge in [-0.1, -0.05) is 68.9 Å². The van der Waals surface area contributed by atoms with Gasteiger partial charge in [-0.15, -0.1) is 0 Å². The Balaban J connectivity index is 3.54. The van der Waals surface area contributed by atoms with Crippen molar-refractivity contribution in [1.29, 1.82) is 0 Å². The molecule has 0 nitrogen and oxygen atoms in total. The standard InChI is InChI=1S/C10H21ClSi/c1-3-5-8-12(10-7-11)9-6-4-2/h7,10,12H,3-6,8-9H2,1-2H3. The molecule has 0 rings (SSSR count). The fourth-order valence-corrected chi connectivity index (χ4v) is 4.73. The molecule has 0 bridgehead atoms. The van der Waals surface area contributed by atoms with Gasteiger partial charge in [0.2, 0.25) is 0 Å². The Bertz CT molecular complexity index is 104. The van der Waals surface area contributed by atoms with Crippen molar-refractivity contribution >= 4 is 20.4 Å². The van der Waals surface area contributed by atoms with E-state index in [4.69, 9.17) is 11.6 Å². The first-order valence-electron chi connectivity index (χ1n) is 5.12. The van der Waals surface area contributed by atoms with E-state index in [0.717, 1.165) is 0 Å². The summed E-state index contributed by atoms with van der Waals surface area (Å²) in [6.45, 7) is 4.52. The molecule has 2 heteroatoms. The fourth-order valence-electron chi connectivity index (χ4n) is 1.37. The van der Waals surface area contributed by atoms with Crippen LogP contribution in [0.25, 0.3) is 0 Å². The lowest BCUT2D eigenvalue weighted by atomic mass is 10.4. The summed E-state index contributed by atoms with van der Waals surface area (Å²) >= 11 is 5.61. The predicted molar refractivity (Wildman–Crippen MR) is 61.6 cm³/mol. The van der Waals surface area contributed by atoms with Crippen molar-refractivity contribution in [3.8, 4) is 0 Å². The first kappa shape index (κ1) is 12.2. The molecule has 0 radical (unpaired) electrons. The van der Waals surface area contributed by atoms with Crippen molar-refractivity contribution in [2.45, 2.75) is 51.6 Å². The minimum Gasteiger partial charge on any atom is -0.0937 e. The van der Waals surface area contributed by atoms with Crippen LogP contribution in [0, 0.1) is 0 Å². The predicted octanol–water partition coefficient (Wildman–Crippen LogP) is 4.11. The lowest BCUT2D eigenvalue weighted by Gasteiger charge is -2.08. The first-order valence-corrected chi connectivity index (χ1v) is 7.85. The van der Waals surface area contributed by atoms with E-state index < -0.39 is 8.80 Å². The Kier molecular flexibility index (Phi) is 9.53. The van der Waals surface area contributed by atoms with Gasteiger partial charge >= 0.3 is 0 Å². The third kappa shape index (κ3) is 6.93. The molecule has 72 valence electrons. The van der Waals surface area contributed by atoms with Crippen LogP contribution < -0.4 is 0 Å². The van der Waals surface area contributed by atoms with Crippen LogP contribution in [0.15, 0.2) is 11.2 Å². The van der Waals surface area contributed by atoms with Gasteiger partial charge in [0.1, 0.15) is 0 Å². The highest BCUT2D eigenvalue weighted by atomic mass is 35.5. The van der Waals surface area contributed by atoms with E-state index in [9.17, 15) is 0 Å². The minimum atomic E-state index is -0.582. The quantitative estimate of drug-likeness (QED) is 0.548. The van der Waals surface area contributed by atoms with E-state index in [2.05, 4.69) is 19.5 Å². The van der Waals surface area contributed by atoms with Crippen molar-refractivity contribution in [3.05, 3.63) is 11.2 Å². The van der Waals surface area contributed by atoms with Gasteiger partial charge in [0.25, 0.3) is 0 Å². The number of hydrogen-bond acceptors (Lipinski definition) is 0. The summed E-state index contributed by atoms with van der Waals surface area (Å²) < 4.78 is 0. The third-order valence-corrected chi connectivity index (χ3v) is 5.63. The van der Waals surface area contributed by atoms with E-state index >= 15 is 0 Å². The average molecular weight is 205 g/mol. The largest absolute Gasteiger partial charge is 0.0937 e. The Hall–Kier alpha value is 0.247. The Morgan fingerprint density at radius 3 is 1.92 bits per heavy atom. The maximum absolute atomic E-state index is 5.61. The van der Waals surface area contributed by atoms with Crippen LogP contribution in [0.5, 0.6) is 0 Å². The van der Waals surface area contributed by atoms with Crippen LogP contribution in [0.1, 0.15) is 39.5 Å². The molecule has 0 aromatic heterocycles. The number of unbranched alkanes of at least 4 members (excludes halogenated alkanes) is 2. The monoisotopic (exact) mass is 204 g/mol. The summed E-state index contributed by atoms with van der Waals surface area (Å²) in [4.78, 5) is 0. The second-order valence-corrected chi connectivity index (χ2v) is 6.67. The Morgan fingerprint density at radius 2 is 1.58 bits per heavy atom. The SMILES string of the molecule is CCCC[SiH](C=CCl)CCCC. The number of halogens is 1. The molecular weight excluding hydrogens is 184 g/mol. The summed E-state index contributed by atoms with van der Waals surface area (Å²) in [5.74, 6) is 0. The summed E-state index contributed by atoms with van der Waals surface area (Å²) in [6, 6.07) is 2.89. The molecule has 0 saturated heterocycles. The highest BCUT2D eigenvalue weighted by Gasteiger charge is 2.04. The third-order valence-electron chi connectivity index (χ3n) is 2.20. The van der Waals surface area contributed by atoms with Gasteiger partial charge in [-0.2, -0.15) is 0 Å².